The van der Waals surface area contributed by atoms with Crippen molar-refractivity contribution in [3.63, 3.8) is 0 Å². The van der Waals surface area contributed by atoms with E-state index in [1.54, 1.807) is 0 Å². The molecule has 26 rings (SSSR count). The third-order valence-electron chi connectivity index (χ3n) is 28.2. The number of rotatable bonds is 16. The first-order valence-electron chi connectivity index (χ1n) is 46.9. The Morgan fingerprint density at radius 3 is 0.859 bits per heavy atom. The molecule has 2 aliphatic rings. The van der Waals surface area contributed by atoms with E-state index < -0.39 is 0 Å². The van der Waals surface area contributed by atoms with Gasteiger partial charge in [0.2, 0.25) is 0 Å². The number of para-hydroxylation sites is 5. The fourth-order valence-electron chi connectivity index (χ4n) is 21.5. The maximum Gasteiger partial charge on any atom is 0.0541 e. The summed E-state index contributed by atoms with van der Waals surface area (Å²) >= 11 is 0. The molecule has 4 heterocycles. The van der Waals surface area contributed by atoms with Gasteiger partial charge in [-0.3, -0.25) is 0 Å². The molecule has 24 aromatic rings. The Morgan fingerprint density at radius 1 is 0.200 bits per heavy atom. The van der Waals surface area contributed by atoms with Crippen LogP contribution in [0.5, 0.6) is 0 Å². The van der Waals surface area contributed by atoms with Gasteiger partial charge in [0.05, 0.1) is 38.6 Å². The number of allylic oxidation sites excluding steroid dienone is 1. The first-order valence-corrected chi connectivity index (χ1v) is 46.9. The lowest BCUT2D eigenvalue weighted by Crippen LogP contribution is -2.17. The van der Waals surface area contributed by atoms with Crippen molar-refractivity contribution in [1.29, 1.82) is 0 Å². The summed E-state index contributed by atoms with van der Waals surface area (Å²) in [5.41, 5.74) is 42.0. The topological polar surface area (TPSA) is 26.2 Å². The summed E-state index contributed by atoms with van der Waals surface area (Å²) in [6.45, 7) is 4.78. The minimum absolute atomic E-state index is 0.256. The number of hydrogen-bond acceptors (Lipinski definition) is 2. The monoisotopic (exact) mass is 1720 g/mol. The van der Waals surface area contributed by atoms with E-state index in [0.29, 0.717) is 0 Å². The second kappa shape index (κ2) is 33.3. The Balaban J connectivity index is 0.000000145. The van der Waals surface area contributed by atoms with Crippen LogP contribution in [0.4, 0.5) is 34.1 Å². The summed E-state index contributed by atoms with van der Waals surface area (Å²) in [4.78, 5) is 4.75. The van der Waals surface area contributed by atoms with E-state index >= 15 is 0 Å². The van der Waals surface area contributed by atoms with Gasteiger partial charge in [-0.05, 0) is 289 Å². The summed E-state index contributed by atoms with van der Waals surface area (Å²) in [6.07, 6.45) is 6.79. The van der Waals surface area contributed by atoms with Crippen LogP contribution in [0.2, 0.25) is 0 Å². The summed E-state index contributed by atoms with van der Waals surface area (Å²) < 4.78 is 9.68. The lowest BCUT2D eigenvalue weighted by molar-refractivity contribution is 0.660. The van der Waals surface area contributed by atoms with Crippen LogP contribution >= 0.6 is 0 Å². The van der Waals surface area contributed by atoms with Gasteiger partial charge in [0.25, 0.3) is 0 Å². The minimum Gasteiger partial charge on any atom is -0.311 e. The van der Waals surface area contributed by atoms with Crippen molar-refractivity contribution in [2.45, 2.75) is 32.1 Å². The van der Waals surface area contributed by atoms with Gasteiger partial charge in [-0.25, -0.2) is 0 Å². The molecule has 4 aromatic heterocycles. The zero-order valence-corrected chi connectivity index (χ0v) is 74.9. The Bertz CT molecular complexity index is 8440. The fourth-order valence-corrected chi connectivity index (χ4v) is 21.5. The predicted octanol–water partition coefficient (Wildman–Crippen LogP) is 34.8. The van der Waals surface area contributed by atoms with Crippen LogP contribution in [-0.2, 0) is 11.8 Å². The van der Waals surface area contributed by atoms with Crippen molar-refractivity contribution >= 4 is 117 Å². The molecule has 0 N–H and O–H groups in total. The SMILES string of the molecule is C1=Cc2c(c3ccccc3n2-c2ccc(-c3ccc4c(c3)c3ccccc3n4-c3ccc(N(c4ccc(-c5ccccc5)cc4)c4ccc(-c5ccccc5)cc4)cc3)cc2)CC1.CC1(C)c2cc(N(c3ccc(-c4ccccc4)cc3)c3ccc(-c4ccccc4)cc3)ccc2-c2ccc(-n3c4ccccc4c4cc(-c5ccc(-n6c7ccccc7c7ccccc76)cc5)ccc43)cc21. The average Bonchev–Trinajstić information content (AvgIpc) is 1.56. The van der Waals surface area contributed by atoms with Crippen molar-refractivity contribution in [3.05, 3.63) is 514 Å². The Morgan fingerprint density at radius 2 is 0.459 bits per heavy atom. The molecule has 20 aromatic carbocycles. The zero-order chi connectivity index (χ0) is 89.6. The van der Waals surface area contributed by atoms with Gasteiger partial charge in [-0.1, -0.05) is 329 Å². The number of nitrogens with zero attached hydrogens (tertiary/aromatic N) is 6. The van der Waals surface area contributed by atoms with Crippen molar-refractivity contribution in [3.8, 4) is 101 Å². The Hall–Kier alpha value is -17.3. The molecule has 6 heteroatoms. The molecule has 0 aliphatic heterocycles. The molecule has 0 spiro atoms. The second-order valence-electron chi connectivity index (χ2n) is 36.2. The van der Waals surface area contributed by atoms with Crippen LogP contribution in [0.3, 0.4) is 0 Å². The van der Waals surface area contributed by atoms with E-state index in [1.807, 2.05) is 0 Å². The van der Waals surface area contributed by atoms with Gasteiger partial charge in [-0.15, -0.1) is 0 Å². The summed E-state index contributed by atoms with van der Waals surface area (Å²) in [5, 5.41) is 8.88. The van der Waals surface area contributed by atoms with Gasteiger partial charge in [0.1, 0.15) is 0 Å². The lowest BCUT2D eigenvalue weighted by atomic mass is 9.82. The van der Waals surface area contributed by atoms with Gasteiger partial charge >= 0.3 is 0 Å². The zero-order valence-electron chi connectivity index (χ0n) is 74.9. The number of anilines is 6. The average molecular weight is 1730 g/mol. The van der Waals surface area contributed by atoms with Gasteiger partial charge in [0.15, 0.2) is 0 Å². The van der Waals surface area contributed by atoms with Gasteiger partial charge < -0.3 is 28.1 Å². The number of aromatic nitrogens is 4. The summed E-state index contributed by atoms with van der Waals surface area (Å²) in [5.74, 6) is 0. The van der Waals surface area contributed by atoms with Crippen LogP contribution in [-0.4, -0.2) is 18.3 Å². The first kappa shape index (κ1) is 79.8. The smallest absolute Gasteiger partial charge is 0.0541 e. The molecular weight excluding hydrogens is 1630 g/mol. The highest BCUT2D eigenvalue weighted by Crippen LogP contribution is 2.53. The number of hydrogen-bond donors (Lipinski definition) is 0. The van der Waals surface area contributed by atoms with E-state index in [0.717, 1.165) is 58.3 Å². The van der Waals surface area contributed by atoms with Crippen molar-refractivity contribution in [1.82, 2.24) is 18.3 Å². The molecule has 0 fully saturated rings. The molecule has 0 saturated heterocycles. The number of fused-ring (bicyclic) bond motifs is 15. The summed E-state index contributed by atoms with van der Waals surface area (Å²) in [7, 11) is 0. The van der Waals surface area contributed by atoms with Crippen LogP contribution in [0.25, 0.3) is 183 Å². The summed E-state index contributed by atoms with van der Waals surface area (Å²) in [6, 6.07) is 177. The highest BCUT2D eigenvalue weighted by molar-refractivity contribution is 6.13. The molecule has 0 unspecified atom stereocenters. The molecule has 0 bridgehead atoms. The van der Waals surface area contributed by atoms with Crippen LogP contribution < -0.4 is 9.80 Å². The molecule has 0 saturated carbocycles. The van der Waals surface area contributed by atoms with E-state index in [9.17, 15) is 0 Å². The van der Waals surface area contributed by atoms with Crippen molar-refractivity contribution < 1.29 is 0 Å². The predicted molar refractivity (Wildman–Crippen MR) is 570 cm³/mol. The van der Waals surface area contributed by atoms with Crippen molar-refractivity contribution in [2.75, 3.05) is 9.80 Å². The number of aryl methyl sites for hydroxylation is 1. The van der Waals surface area contributed by atoms with Gasteiger partial charge in [-0.2, -0.15) is 0 Å². The molecule has 135 heavy (non-hydrogen) atoms. The molecule has 6 nitrogen and oxygen atoms in total. The molecule has 638 valence electrons. The molecule has 0 atom stereocenters. The quantitative estimate of drug-likeness (QED) is 0.0964. The third-order valence-corrected chi connectivity index (χ3v) is 28.2. The first-order chi connectivity index (χ1) is 66.7. The molecule has 0 radical (unpaired) electrons. The lowest BCUT2D eigenvalue weighted by Gasteiger charge is -2.28. The normalized spacial score (nSPS) is 12.5. The van der Waals surface area contributed by atoms with Gasteiger partial charge in [0, 0.05) is 106 Å². The maximum atomic E-state index is 2.46. The van der Waals surface area contributed by atoms with E-state index in [-0.39, 0.29) is 5.41 Å². The highest BCUT2D eigenvalue weighted by atomic mass is 15.2. The second-order valence-corrected chi connectivity index (χ2v) is 36.2. The van der Waals surface area contributed by atoms with Crippen LogP contribution in [0.1, 0.15) is 42.7 Å². The molecular formula is C129H92N6. The Labute approximate surface area is 785 Å². The number of benzene rings is 20. The molecule has 2 aliphatic carbocycles. The van der Waals surface area contributed by atoms with Crippen LogP contribution in [0, 0.1) is 0 Å². The maximum absolute atomic E-state index is 2.46. The minimum atomic E-state index is -0.256. The van der Waals surface area contributed by atoms with E-state index in [1.165, 1.54) is 188 Å². The largest absolute Gasteiger partial charge is 0.311 e. The fraction of sp³-hybridized carbons (Fsp3) is 0.0388. The van der Waals surface area contributed by atoms with Crippen LogP contribution in [0.15, 0.2) is 491 Å². The van der Waals surface area contributed by atoms with Crippen molar-refractivity contribution in [2.24, 2.45) is 0 Å². The van der Waals surface area contributed by atoms with E-state index in [4.69, 9.17) is 0 Å². The standard InChI is InChI=1S/C69H49N3.C60H43N3/c1-69(2)63-44-55(70(52-32-25-48(26-33-52)46-15-5-3-6-16-46)53-34-27-49(28-35-53)47-17-7-4-8-18-47)38-40-57(63)58-41-39-56(45-64(58)69)72-67-24-14-11-21-61(67)62-43-51(31-42-68(62)72)50-29-36-54(37-30-50)71-65-22-12-9-19-59(65)60-20-10-13-23-66(60)71;1-3-13-42(14-4-1)44-23-30-48(31-24-44)61(49-32-25-45(26-33-49)43-15-5-2-6-16-43)50-36-38-52(39-37-50)63-59-22-12-9-19-55(59)56-41-47(29-40-60(56)63)46-27-34-51(35-28-46)62-57-20-10-7-17-53(57)54-18-8-11-21-58(54)62/h3-45H,1-2H3;1-7,9-17,19-41H,8,18H2. The highest BCUT2D eigenvalue weighted by Gasteiger charge is 2.37. The Kier molecular flexibility index (Phi) is 19.7. The molecule has 0 amide bonds. The third kappa shape index (κ3) is 14.0. The van der Waals surface area contributed by atoms with E-state index in [2.05, 4.69) is 539 Å².